The highest BCUT2D eigenvalue weighted by molar-refractivity contribution is 7.91. The Morgan fingerprint density at radius 2 is 1.61 bits per heavy atom. The van der Waals surface area contributed by atoms with Crippen molar-refractivity contribution in [1.82, 2.24) is 0 Å². The SMILES string of the molecule is CCCCCCCCCCOC1CCS(=O)(=O)C1. The van der Waals surface area contributed by atoms with Crippen LogP contribution in [0.5, 0.6) is 0 Å². The van der Waals surface area contributed by atoms with Crippen LogP contribution in [0.2, 0.25) is 0 Å². The van der Waals surface area contributed by atoms with Crippen LogP contribution in [0.1, 0.15) is 64.7 Å². The summed E-state index contributed by atoms with van der Waals surface area (Å²) < 4.78 is 28.0. The molecule has 0 spiro atoms. The third kappa shape index (κ3) is 7.37. The molecule has 1 unspecified atom stereocenters. The van der Waals surface area contributed by atoms with Gasteiger partial charge in [0.05, 0.1) is 17.6 Å². The van der Waals surface area contributed by atoms with E-state index < -0.39 is 9.84 Å². The van der Waals surface area contributed by atoms with Crippen molar-refractivity contribution in [2.45, 2.75) is 70.8 Å². The predicted octanol–water partition coefficient (Wildman–Crippen LogP) is 3.33. The van der Waals surface area contributed by atoms with Crippen LogP contribution in [-0.2, 0) is 14.6 Å². The van der Waals surface area contributed by atoms with E-state index in [1.807, 2.05) is 0 Å². The first-order valence-corrected chi connectivity index (χ1v) is 9.28. The monoisotopic (exact) mass is 276 g/mol. The van der Waals surface area contributed by atoms with E-state index in [9.17, 15) is 8.42 Å². The first-order chi connectivity index (χ1) is 8.64. The van der Waals surface area contributed by atoms with Crippen molar-refractivity contribution in [1.29, 1.82) is 0 Å². The Morgan fingerprint density at radius 3 is 2.17 bits per heavy atom. The molecule has 108 valence electrons. The lowest BCUT2D eigenvalue weighted by Gasteiger charge is -2.09. The molecule has 0 radical (unpaired) electrons. The molecule has 1 saturated heterocycles. The average Bonchev–Trinajstić information content (AvgIpc) is 2.67. The molecule has 0 aromatic heterocycles. The second-order valence-electron chi connectivity index (χ2n) is 5.37. The number of hydrogen-bond donors (Lipinski definition) is 0. The highest BCUT2D eigenvalue weighted by Gasteiger charge is 2.28. The van der Waals surface area contributed by atoms with E-state index in [-0.39, 0.29) is 11.9 Å². The first-order valence-electron chi connectivity index (χ1n) is 7.46. The maximum atomic E-state index is 11.2. The van der Waals surface area contributed by atoms with Gasteiger partial charge in [-0.1, -0.05) is 51.9 Å². The smallest absolute Gasteiger partial charge is 0.152 e. The van der Waals surface area contributed by atoms with Gasteiger partial charge in [-0.25, -0.2) is 8.42 Å². The van der Waals surface area contributed by atoms with Crippen molar-refractivity contribution in [2.75, 3.05) is 18.1 Å². The fourth-order valence-corrected chi connectivity index (χ4v) is 4.00. The molecule has 1 fully saturated rings. The van der Waals surface area contributed by atoms with Gasteiger partial charge in [0.15, 0.2) is 9.84 Å². The van der Waals surface area contributed by atoms with Gasteiger partial charge in [-0.05, 0) is 12.8 Å². The molecular formula is C14H28O3S. The molecule has 0 N–H and O–H groups in total. The normalized spacial score (nSPS) is 22.4. The fourth-order valence-electron chi connectivity index (χ4n) is 2.38. The Kier molecular flexibility index (Phi) is 7.91. The molecule has 0 saturated carbocycles. The second-order valence-corrected chi connectivity index (χ2v) is 7.60. The van der Waals surface area contributed by atoms with Crippen LogP contribution in [0.15, 0.2) is 0 Å². The molecule has 3 nitrogen and oxygen atoms in total. The van der Waals surface area contributed by atoms with Crippen LogP contribution < -0.4 is 0 Å². The number of ether oxygens (including phenoxy) is 1. The van der Waals surface area contributed by atoms with Gasteiger partial charge in [-0.3, -0.25) is 0 Å². The lowest BCUT2D eigenvalue weighted by Crippen LogP contribution is -2.15. The van der Waals surface area contributed by atoms with Crippen molar-refractivity contribution in [3.8, 4) is 0 Å². The molecule has 4 heteroatoms. The van der Waals surface area contributed by atoms with Crippen molar-refractivity contribution in [3.05, 3.63) is 0 Å². The molecule has 0 aliphatic carbocycles. The maximum Gasteiger partial charge on any atom is 0.152 e. The summed E-state index contributed by atoms with van der Waals surface area (Å²) in [6.07, 6.45) is 11.0. The number of hydrogen-bond acceptors (Lipinski definition) is 3. The largest absolute Gasteiger partial charge is 0.377 e. The topological polar surface area (TPSA) is 43.4 Å². The first kappa shape index (κ1) is 16.0. The summed E-state index contributed by atoms with van der Waals surface area (Å²) >= 11 is 0. The van der Waals surface area contributed by atoms with E-state index in [1.165, 1.54) is 44.9 Å². The number of unbranched alkanes of at least 4 members (excludes halogenated alkanes) is 7. The molecule has 1 aliphatic rings. The quantitative estimate of drug-likeness (QED) is 0.575. The lowest BCUT2D eigenvalue weighted by molar-refractivity contribution is 0.0680. The van der Waals surface area contributed by atoms with E-state index in [1.54, 1.807) is 0 Å². The minimum absolute atomic E-state index is 0.0282. The Labute approximate surface area is 112 Å². The third-order valence-corrected chi connectivity index (χ3v) is 5.28. The highest BCUT2D eigenvalue weighted by Crippen LogP contribution is 2.15. The van der Waals surface area contributed by atoms with Crippen LogP contribution in [0, 0.1) is 0 Å². The van der Waals surface area contributed by atoms with Gasteiger partial charge in [0.1, 0.15) is 0 Å². The van der Waals surface area contributed by atoms with E-state index in [4.69, 9.17) is 4.74 Å². The van der Waals surface area contributed by atoms with Gasteiger partial charge in [0.25, 0.3) is 0 Å². The van der Waals surface area contributed by atoms with Crippen molar-refractivity contribution in [2.24, 2.45) is 0 Å². The second kappa shape index (κ2) is 8.92. The Bertz CT molecular complexity index is 298. The zero-order chi connectivity index (χ0) is 13.3. The van der Waals surface area contributed by atoms with Gasteiger partial charge < -0.3 is 4.74 Å². The Morgan fingerprint density at radius 1 is 1.00 bits per heavy atom. The van der Waals surface area contributed by atoms with Crippen molar-refractivity contribution >= 4 is 9.84 Å². The molecular weight excluding hydrogens is 248 g/mol. The van der Waals surface area contributed by atoms with E-state index in [2.05, 4.69) is 6.92 Å². The van der Waals surface area contributed by atoms with E-state index in [0.717, 1.165) is 13.0 Å². The molecule has 1 aliphatic heterocycles. The van der Waals surface area contributed by atoms with Crippen LogP contribution in [0.4, 0.5) is 0 Å². The predicted molar refractivity (Wildman–Crippen MR) is 75.6 cm³/mol. The van der Waals surface area contributed by atoms with Crippen LogP contribution in [-0.4, -0.2) is 32.6 Å². The summed E-state index contributed by atoms with van der Waals surface area (Å²) in [5.41, 5.74) is 0. The third-order valence-electron chi connectivity index (χ3n) is 3.54. The van der Waals surface area contributed by atoms with Gasteiger partial charge in [0, 0.05) is 6.61 Å². The summed E-state index contributed by atoms with van der Waals surface area (Å²) in [6.45, 7) is 2.97. The summed E-state index contributed by atoms with van der Waals surface area (Å²) in [7, 11) is -2.78. The molecule has 18 heavy (non-hydrogen) atoms. The molecule has 0 bridgehead atoms. The van der Waals surface area contributed by atoms with Crippen molar-refractivity contribution < 1.29 is 13.2 Å². The number of rotatable bonds is 10. The molecule has 1 rings (SSSR count). The summed E-state index contributed by atoms with van der Waals surface area (Å²) in [5, 5.41) is 0. The summed E-state index contributed by atoms with van der Waals surface area (Å²) in [5.74, 6) is 0.555. The molecule has 1 atom stereocenters. The minimum atomic E-state index is -2.78. The van der Waals surface area contributed by atoms with Gasteiger partial charge >= 0.3 is 0 Å². The standard InChI is InChI=1S/C14H28O3S/c1-2-3-4-5-6-7-8-9-11-17-14-10-12-18(15,16)13-14/h14H,2-13H2,1H3. The van der Waals surface area contributed by atoms with Crippen molar-refractivity contribution in [3.63, 3.8) is 0 Å². The van der Waals surface area contributed by atoms with E-state index >= 15 is 0 Å². The molecule has 0 aromatic carbocycles. The average molecular weight is 276 g/mol. The van der Waals surface area contributed by atoms with E-state index in [0.29, 0.717) is 12.2 Å². The minimum Gasteiger partial charge on any atom is -0.377 e. The zero-order valence-electron chi connectivity index (χ0n) is 11.7. The van der Waals surface area contributed by atoms with Gasteiger partial charge in [0.2, 0.25) is 0 Å². The number of sulfone groups is 1. The Balaban J connectivity index is 1.85. The van der Waals surface area contributed by atoms with Crippen LogP contribution >= 0.6 is 0 Å². The van der Waals surface area contributed by atoms with Crippen LogP contribution in [0.25, 0.3) is 0 Å². The summed E-state index contributed by atoms with van der Waals surface area (Å²) in [6, 6.07) is 0. The highest BCUT2D eigenvalue weighted by atomic mass is 32.2. The summed E-state index contributed by atoms with van der Waals surface area (Å²) in [4.78, 5) is 0. The molecule has 0 aromatic rings. The maximum absolute atomic E-state index is 11.2. The molecule has 0 amide bonds. The van der Waals surface area contributed by atoms with Gasteiger partial charge in [-0.15, -0.1) is 0 Å². The fraction of sp³-hybridized carbons (Fsp3) is 1.00. The lowest BCUT2D eigenvalue weighted by atomic mass is 10.1. The zero-order valence-corrected chi connectivity index (χ0v) is 12.5. The van der Waals surface area contributed by atoms with Gasteiger partial charge in [-0.2, -0.15) is 0 Å². The Hall–Kier alpha value is -0.0900. The molecule has 1 heterocycles. The van der Waals surface area contributed by atoms with Crippen LogP contribution in [0.3, 0.4) is 0 Å².